The van der Waals surface area contributed by atoms with E-state index in [2.05, 4.69) is 60.7 Å². The highest BCUT2D eigenvalue weighted by Crippen LogP contribution is 2.42. The van der Waals surface area contributed by atoms with Gasteiger partial charge in [0.05, 0.1) is 0 Å². The lowest BCUT2D eigenvalue weighted by molar-refractivity contribution is 0.286. The Morgan fingerprint density at radius 2 is 0.724 bits per heavy atom. The number of phenols is 4. The van der Waals surface area contributed by atoms with Crippen LogP contribution in [0.4, 0.5) is 0 Å². The Balaban J connectivity index is 0.000000193. The molecular weight excluding hydrogens is 937 g/mol. The van der Waals surface area contributed by atoms with Crippen LogP contribution in [0.1, 0.15) is 154 Å². The van der Waals surface area contributed by atoms with Crippen LogP contribution in [-0.2, 0) is 26.1 Å². The lowest BCUT2D eigenvalue weighted by atomic mass is 9.81. The smallest absolute Gasteiger partial charge is 0.161 e. The molecule has 4 N–H and O–H groups in total. The largest absolute Gasteiger partial charge is 0.507 e. The molecule has 2 aliphatic carbocycles. The first-order valence-electron chi connectivity index (χ1n) is 27.3. The van der Waals surface area contributed by atoms with Crippen LogP contribution in [0.2, 0.25) is 0 Å². The summed E-state index contributed by atoms with van der Waals surface area (Å²) in [5, 5.41) is 45.1. The molecule has 6 nitrogen and oxygen atoms in total. The molecule has 10 rings (SSSR count). The number of rotatable bonds is 16. The summed E-state index contributed by atoms with van der Waals surface area (Å²) in [6, 6.07) is 56.5. The molecule has 0 unspecified atom stereocenters. The van der Waals surface area contributed by atoms with Crippen molar-refractivity contribution in [3.8, 4) is 34.5 Å². The van der Waals surface area contributed by atoms with Crippen molar-refractivity contribution in [3.05, 3.63) is 248 Å². The Labute approximate surface area is 450 Å². The van der Waals surface area contributed by atoms with Gasteiger partial charge in [0.2, 0.25) is 0 Å². The number of benzene rings is 8. The van der Waals surface area contributed by atoms with E-state index < -0.39 is 0 Å². The molecule has 388 valence electrons. The third-order valence-electron chi connectivity index (χ3n) is 15.0. The van der Waals surface area contributed by atoms with Gasteiger partial charge in [-0.3, -0.25) is 0 Å². The first kappa shape index (κ1) is 52.9. The fraction of sp³-hybridized carbons (Fsp3) is 0.257. The summed E-state index contributed by atoms with van der Waals surface area (Å²) in [5.74, 6) is 2.70. The van der Waals surface area contributed by atoms with E-state index in [1.165, 1.54) is 75.3 Å². The van der Waals surface area contributed by atoms with E-state index in [0.29, 0.717) is 72.0 Å². The summed E-state index contributed by atoms with van der Waals surface area (Å²) in [5.41, 5.74) is 13.7. The van der Waals surface area contributed by atoms with Gasteiger partial charge in [0, 0.05) is 35.1 Å². The minimum absolute atomic E-state index is 0.0872. The molecule has 0 aromatic heterocycles. The topological polar surface area (TPSA) is 99.4 Å². The van der Waals surface area contributed by atoms with Crippen LogP contribution < -0.4 is 9.47 Å². The summed E-state index contributed by atoms with van der Waals surface area (Å²) in [7, 11) is 0. The van der Waals surface area contributed by atoms with Crippen molar-refractivity contribution in [1.29, 1.82) is 0 Å². The Bertz CT molecular complexity index is 2990. The monoisotopic (exact) mass is 1010 g/mol. The minimum Gasteiger partial charge on any atom is -0.507 e. The number of ether oxygens (including phenoxy) is 2. The Morgan fingerprint density at radius 1 is 0.382 bits per heavy atom. The van der Waals surface area contributed by atoms with Gasteiger partial charge in [0.25, 0.3) is 0 Å². The minimum atomic E-state index is 0.0872. The molecule has 0 spiro atoms. The molecule has 0 bridgehead atoms. The highest BCUT2D eigenvalue weighted by Gasteiger charge is 2.23. The Kier molecular flexibility index (Phi) is 18.1. The van der Waals surface area contributed by atoms with E-state index in [4.69, 9.17) is 9.47 Å². The quantitative estimate of drug-likeness (QED) is 0.0720. The molecule has 0 saturated heterocycles. The predicted octanol–water partition coefficient (Wildman–Crippen LogP) is 17.6. The zero-order valence-electron chi connectivity index (χ0n) is 44.1. The highest BCUT2D eigenvalue weighted by atomic mass is 16.5. The molecule has 0 amide bonds. The van der Waals surface area contributed by atoms with Gasteiger partial charge in [-0.05, 0) is 131 Å². The molecule has 0 aliphatic heterocycles. The summed E-state index contributed by atoms with van der Waals surface area (Å²) in [6.45, 7) is 4.65. The van der Waals surface area contributed by atoms with E-state index in [9.17, 15) is 20.4 Å². The maximum Gasteiger partial charge on any atom is 0.161 e. The lowest BCUT2D eigenvalue weighted by Gasteiger charge is -2.25. The SMILES string of the molecule is Cc1cc(Cc2cc(C)cc(OCc3ccccc3)c2O)c(O)c(OCc2ccccc2)c1.Oc1c(C=Cc2ccccc2)cc(C2CCCCC2)cc1Cc1cc(C2CCCCC2)cc(/C=C/c2ccccc2)c1O. The predicted molar refractivity (Wildman–Crippen MR) is 311 cm³/mol. The molecule has 2 saturated carbocycles. The van der Waals surface area contributed by atoms with Crippen molar-refractivity contribution in [1.82, 2.24) is 0 Å². The van der Waals surface area contributed by atoms with Crippen LogP contribution in [0, 0.1) is 13.8 Å². The second kappa shape index (κ2) is 26.0. The Morgan fingerprint density at radius 3 is 1.09 bits per heavy atom. The van der Waals surface area contributed by atoms with Crippen molar-refractivity contribution >= 4 is 24.3 Å². The first-order valence-corrected chi connectivity index (χ1v) is 27.3. The standard InChI is InChI=1S/C41H44O2.C29H28O4/c42-40-34(23-21-30-13-5-1-6-14-30)25-36(32-17-9-3-10-18-32)27-38(40)29-39-28-37(33-19-11-4-12-20-33)26-35(41(39)43)24-22-31-15-7-2-8-16-31;1-20-13-24(28(30)26(15-20)32-18-22-9-5-3-6-10-22)17-25-14-21(2)16-27(29(25)31)33-19-23-11-7-4-8-12-23/h1-2,5-8,13-16,21-28,32-33,42-43H,3-4,9-12,17-20,29H2;3-16,30-31H,17-19H2,1-2H3/b23-21+,24-22?;. The van der Waals surface area contributed by atoms with E-state index in [1.807, 2.05) is 147 Å². The van der Waals surface area contributed by atoms with Gasteiger partial charge in [0.1, 0.15) is 24.7 Å². The van der Waals surface area contributed by atoms with E-state index >= 15 is 0 Å². The van der Waals surface area contributed by atoms with Gasteiger partial charge in [-0.1, -0.05) is 208 Å². The fourth-order valence-electron chi connectivity index (χ4n) is 10.9. The number of hydrogen-bond donors (Lipinski definition) is 4. The summed E-state index contributed by atoms with van der Waals surface area (Å²) in [4.78, 5) is 0. The van der Waals surface area contributed by atoms with Crippen LogP contribution in [0.5, 0.6) is 34.5 Å². The summed E-state index contributed by atoms with van der Waals surface area (Å²) >= 11 is 0. The number of aryl methyl sites for hydroxylation is 2. The average Bonchev–Trinajstić information content (AvgIpc) is 3.46. The van der Waals surface area contributed by atoms with E-state index in [-0.39, 0.29) is 11.5 Å². The number of phenolic OH excluding ortho intramolecular Hbond substituents is 4. The second-order valence-corrected chi connectivity index (χ2v) is 20.8. The zero-order chi connectivity index (χ0) is 52.6. The molecular formula is C70H72O6. The van der Waals surface area contributed by atoms with Crippen LogP contribution in [-0.4, -0.2) is 20.4 Å². The lowest BCUT2D eigenvalue weighted by Crippen LogP contribution is -2.07. The average molecular weight is 1010 g/mol. The third kappa shape index (κ3) is 14.2. The Hall–Kier alpha value is -7.96. The molecule has 8 aromatic rings. The van der Waals surface area contributed by atoms with Crippen LogP contribution in [0.15, 0.2) is 170 Å². The molecule has 0 radical (unpaired) electrons. The maximum absolute atomic E-state index is 11.6. The maximum atomic E-state index is 11.6. The van der Waals surface area contributed by atoms with Crippen molar-refractivity contribution < 1.29 is 29.9 Å². The van der Waals surface area contributed by atoms with E-state index in [1.54, 1.807) is 0 Å². The fourth-order valence-corrected chi connectivity index (χ4v) is 10.9. The van der Waals surface area contributed by atoms with Crippen LogP contribution in [0.25, 0.3) is 24.3 Å². The molecule has 2 aliphatic rings. The van der Waals surface area contributed by atoms with Gasteiger partial charge in [-0.15, -0.1) is 0 Å². The van der Waals surface area contributed by atoms with Crippen molar-refractivity contribution in [2.45, 2.75) is 116 Å². The number of aromatic hydroxyl groups is 4. The van der Waals surface area contributed by atoms with Crippen molar-refractivity contribution in [2.24, 2.45) is 0 Å². The normalized spacial score (nSPS) is 14.1. The van der Waals surface area contributed by atoms with Gasteiger partial charge < -0.3 is 29.9 Å². The van der Waals surface area contributed by atoms with Crippen LogP contribution >= 0.6 is 0 Å². The molecule has 2 fully saturated rings. The molecule has 8 aromatic carbocycles. The first-order chi connectivity index (χ1) is 37.1. The van der Waals surface area contributed by atoms with Gasteiger partial charge in [-0.2, -0.15) is 0 Å². The molecule has 0 atom stereocenters. The zero-order valence-corrected chi connectivity index (χ0v) is 44.1. The van der Waals surface area contributed by atoms with Crippen LogP contribution in [0.3, 0.4) is 0 Å². The van der Waals surface area contributed by atoms with Crippen molar-refractivity contribution in [2.75, 3.05) is 0 Å². The van der Waals surface area contributed by atoms with Crippen molar-refractivity contribution in [3.63, 3.8) is 0 Å². The molecule has 6 heteroatoms. The van der Waals surface area contributed by atoms with Gasteiger partial charge in [0.15, 0.2) is 23.0 Å². The third-order valence-corrected chi connectivity index (χ3v) is 15.0. The van der Waals surface area contributed by atoms with Gasteiger partial charge in [-0.25, -0.2) is 0 Å². The second-order valence-electron chi connectivity index (χ2n) is 20.8. The van der Waals surface area contributed by atoms with E-state index in [0.717, 1.165) is 55.6 Å². The van der Waals surface area contributed by atoms with Gasteiger partial charge >= 0.3 is 0 Å². The summed E-state index contributed by atoms with van der Waals surface area (Å²) < 4.78 is 11.8. The number of hydrogen-bond acceptors (Lipinski definition) is 6. The molecule has 76 heavy (non-hydrogen) atoms. The summed E-state index contributed by atoms with van der Waals surface area (Å²) in [6.07, 6.45) is 21.6. The highest BCUT2D eigenvalue weighted by molar-refractivity contribution is 5.76. The molecule has 0 heterocycles.